The van der Waals surface area contributed by atoms with Gasteiger partial charge in [-0.25, -0.2) is 0 Å². The van der Waals surface area contributed by atoms with E-state index in [-0.39, 0.29) is 0 Å². The standard InChI is InChI=1S/C19H16N2/c1-13-15(17-7-3-5-9-19(17)21-13)11-10-14-12-20-18-8-4-2-6-16(14)18/h2-12,20-21H,1H3/b11-10+. The first-order valence-corrected chi connectivity index (χ1v) is 7.14. The molecule has 0 bridgehead atoms. The molecule has 0 spiro atoms. The van der Waals surface area contributed by atoms with Crippen molar-refractivity contribution in [2.45, 2.75) is 6.92 Å². The van der Waals surface area contributed by atoms with Gasteiger partial charge in [-0.2, -0.15) is 0 Å². The lowest BCUT2D eigenvalue weighted by Crippen LogP contribution is -1.74. The molecule has 0 saturated heterocycles. The van der Waals surface area contributed by atoms with Crippen molar-refractivity contribution in [3.05, 3.63) is 71.5 Å². The second-order valence-corrected chi connectivity index (χ2v) is 5.33. The molecule has 4 rings (SSSR count). The highest BCUT2D eigenvalue weighted by Crippen LogP contribution is 2.25. The minimum absolute atomic E-state index is 1.17. The molecular weight excluding hydrogens is 256 g/mol. The normalized spacial score (nSPS) is 11.9. The third kappa shape index (κ3) is 1.96. The van der Waals surface area contributed by atoms with Gasteiger partial charge >= 0.3 is 0 Å². The molecule has 102 valence electrons. The number of aromatic nitrogens is 2. The fourth-order valence-electron chi connectivity index (χ4n) is 2.92. The molecule has 2 N–H and O–H groups in total. The topological polar surface area (TPSA) is 31.6 Å². The zero-order chi connectivity index (χ0) is 14.2. The van der Waals surface area contributed by atoms with Crippen molar-refractivity contribution in [1.29, 1.82) is 0 Å². The molecule has 0 atom stereocenters. The highest BCUT2D eigenvalue weighted by molar-refractivity contribution is 5.96. The van der Waals surface area contributed by atoms with E-state index in [2.05, 4.69) is 83.8 Å². The lowest BCUT2D eigenvalue weighted by atomic mass is 10.1. The summed E-state index contributed by atoms with van der Waals surface area (Å²) in [7, 11) is 0. The summed E-state index contributed by atoms with van der Waals surface area (Å²) in [5.74, 6) is 0. The van der Waals surface area contributed by atoms with Gasteiger partial charge in [0.1, 0.15) is 0 Å². The average molecular weight is 272 g/mol. The van der Waals surface area contributed by atoms with E-state index in [0.29, 0.717) is 0 Å². The van der Waals surface area contributed by atoms with E-state index in [1.165, 1.54) is 38.6 Å². The third-order valence-corrected chi connectivity index (χ3v) is 3.99. The zero-order valence-corrected chi connectivity index (χ0v) is 11.9. The largest absolute Gasteiger partial charge is 0.361 e. The number of nitrogens with one attached hydrogen (secondary N) is 2. The molecule has 21 heavy (non-hydrogen) atoms. The quantitative estimate of drug-likeness (QED) is 0.507. The van der Waals surface area contributed by atoms with Crippen LogP contribution in [0.4, 0.5) is 0 Å². The van der Waals surface area contributed by atoms with Crippen LogP contribution in [0.3, 0.4) is 0 Å². The fraction of sp³-hybridized carbons (Fsp3) is 0.0526. The number of fused-ring (bicyclic) bond motifs is 2. The maximum atomic E-state index is 3.44. The lowest BCUT2D eigenvalue weighted by Gasteiger charge is -1.94. The van der Waals surface area contributed by atoms with Crippen molar-refractivity contribution in [2.75, 3.05) is 0 Å². The molecular formula is C19H16N2. The van der Waals surface area contributed by atoms with Gasteiger partial charge in [0.05, 0.1) is 0 Å². The van der Waals surface area contributed by atoms with E-state index < -0.39 is 0 Å². The minimum atomic E-state index is 1.17. The van der Waals surface area contributed by atoms with Gasteiger partial charge in [0.2, 0.25) is 0 Å². The fourth-order valence-corrected chi connectivity index (χ4v) is 2.92. The van der Waals surface area contributed by atoms with Gasteiger partial charge in [-0.05, 0) is 24.6 Å². The number of para-hydroxylation sites is 2. The van der Waals surface area contributed by atoms with Crippen LogP contribution in [0, 0.1) is 6.92 Å². The second-order valence-electron chi connectivity index (χ2n) is 5.33. The van der Waals surface area contributed by atoms with Crippen molar-refractivity contribution in [2.24, 2.45) is 0 Å². The Hall–Kier alpha value is -2.74. The number of aromatic amines is 2. The Morgan fingerprint density at radius 3 is 2.38 bits per heavy atom. The Labute approximate surface area is 123 Å². The van der Waals surface area contributed by atoms with Crippen LogP contribution in [0.15, 0.2) is 54.7 Å². The molecule has 2 aromatic carbocycles. The van der Waals surface area contributed by atoms with Crippen LogP contribution in [-0.4, -0.2) is 9.97 Å². The van der Waals surface area contributed by atoms with E-state index in [1.54, 1.807) is 0 Å². The summed E-state index contributed by atoms with van der Waals surface area (Å²) in [4.78, 5) is 6.75. The molecule has 0 radical (unpaired) electrons. The Bertz CT molecular complexity index is 954. The molecule has 2 nitrogen and oxygen atoms in total. The van der Waals surface area contributed by atoms with E-state index >= 15 is 0 Å². The Morgan fingerprint density at radius 2 is 1.52 bits per heavy atom. The van der Waals surface area contributed by atoms with Crippen LogP contribution < -0.4 is 0 Å². The minimum Gasteiger partial charge on any atom is -0.361 e. The number of hydrogen-bond donors (Lipinski definition) is 2. The lowest BCUT2D eigenvalue weighted by molar-refractivity contribution is 1.29. The van der Waals surface area contributed by atoms with Gasteiger partial charge in [0, 0.05) is 39.3 Å². The molecule has 0 aliphatic heterocycles. The summed E-state index contributed by atoms with van der Waals surface area (Å²) in [5, 5.41) is 2.53. The second kappa shape index (κ2) is 4.67. The SMILES string of the molecule is Cc1[nH]c2ccccc2c1/C=C/c1c[nH]c2ccccc12. The molecule has 2 heteroatoms. The zero-order valence-electron chi connectivity index (χ0n) is 11.9. The first-order chi connectivity index (χ1) is 10.3. The summed E-state index contributed by atoms with van der Waals surface area (Å²) in [6, 6.07) is 16.8. The average Bonchev–Trinajstić information content (AvgIpc) is 3.06. The van der Waals surface area contributed by atoms with Crippen molar-refractivity contribution >= 4 is 34.0 Å². The number of benzene rings is 2. The van der Waals surface area contributed by atoms with Gasteiger partial charge in [0.25, 0.3) is 0 Å². The molecule has 0 fully saturated rings. The summed E-state index contributed by atoms with van der Waals surface area (Å²) in [6.45, 7) is 2.12. The molecule has 0 unspecified atom stereocenters. The van der Waals surface area contributed by atoms with Crippen molar-refractivity contribution < 1.29 is 0 Å². The maximum Gasteiger partial charge on any atom is 0.0462 e. The molecule has 2 heterocycles. The molecule has 0 amide bonds. The first kappa shape index (κ1) is 12.0. The summed E-state index contributed by atoms with van der Waals surface area (Å²) < 4.78 is 0. The van der Waals surface area contributed by atoms with E-state index in [4.69, 9.17) is 0 Å². The van der Waals surface area contributed by atoms with Gasteiger partial charge in [-0.1, -0.05) is 48.6 Å². The predicted octanol–water partition coefficient (Wildman–Crippen LogP) is 5.13. The summed E-state index contributed by atoms with van der Waals surface area (Å²) in [6.07, 6.45) is 6.44. The van der Waals surface area contributed by atoms with E-state index in [0.717, 1.165) is 0 Å². The molecule has 0 saturated carbocycles. The van der Waals surface area contributed by atoms with Gasteiger partial charge in [0.15, 0.2) is 0 Å². The highest BCUT2D eigenvalue weighted by atomic mass is 14.7. The van der Waals surface area contributed by atoms with Crippen LogP contribution in [-0.2, 0) is 0 Å². The maximum absolute atomic E-state index is 3.44. The highest BCUT2D eigenvalue weighted by Gasteiger charge is 2.05. The van der Waals surface area contributed by atoms with Crippen LogP contribution >= 0.6 is 0 Å². The number of rotatable bonds is 2. The van der Waals surface area contributed by atoms with E-state index in [9.17, 15) is 0 Å². The van der Waals surface area contributed by atoms with Crippen LogP contribution in [0.2, 0.25) is 0 Å². The van der Waals surface area contributed by atoms with Crippen LogP contribution in [0.25, 0.3) is 34.0 Å². The molecule has 4 aromatic rings. The molecule has 2 aromatic heterocycles. The Morgan fingerprint density at radius 1 is 0.810 bits per heavy atom. The molecule has 0 aliphatic carbocycles. The Balaban J connectivity index is 1.82. The monoisotopic (exact) mass is 272 g/mol. The van der Waals surface area contributed by atoms with Gasteiger partial charge < -0.3 is 9.97 Å². The number of hydrogen-bond acceptors (Lipinski definition) is 0. The van der Waals surface area contributed by atoms with Gasteiger partial charge in [-0.3, -0.25) is 0 Å². The van der Waals surface area contributed by atoms with Crippen LogP contribution in [0.5, 0.6) is 0 Å². The number of aryl methyl sites for hydroxylation is 1. The number of H-pyrrole nitrogens is 2. The van der Waals surface area contributed by atoms with Crippen molar-refractivity contribution in [3.63, 3.8) is 0 Å². The predicted molar refractivity (Wildman–Crippen MR) is 90.3 cm³/mol. The van der Waals surface area contributed by atoms with Crippen molar-refractivity contribution in [3.8, 4) is 0 Å². The summed E-state index contributed by atoms with van der Waals surface area (Å²) >= 11 is 0. The summed E-state index contributed by atoms with van der Waals surface area (Å²) in [5.41, 5.74) is 6.04. The first-order valence-electron chi connectivity index (χ1n) is 7.14. The van der Waals surface area contributed by atoms with Gasteiger partial charge in [-0.15, -0.1) is 0 Å². The van der Waals surface area contributed by atoms with Crippen LogP contribution in [0.1, 0.15) is 16.8 Å². The molecule has 0 aliphatic rings. The smallest absolute Gasteiger partial charge is 0.0462 e. The van der Waals surface area contributed by atoms with Crippen molar-refractivity contribution in [1.82, 2.24) is 9.97 Å². The third-order valence-electron chi connectivity index (χ3n) is 3.99. The Kier molecular flexibility index (Phi) is 2.68. The van der Waals surface area contributed by atoms with E-state index in [1.807, 2.05) is 0 Å².